The Morgan fingerprint density at radius 1 is 1.33 bits per heavy atom. The fourth-order valence-corrected chi connectivity index (χ4v) is 4.26. The van der Waals surface area contributed by atoms with E-state index in [-0.39, 0.29) is 16.6 Å². The molecule has 1 aliphatic heterocycles. The quantitative estimate of drug-likeness (QED) is 0.735. The van der Waals surface area contributed by atoms with Gasteiger partial charge in [-0.2, -0.15) is 0 Å². The molecule has 1 saturated heterocycles. The zero-order valence-corrected chi connectivity index (χ0v) is 15.2. The summed E-state index contributed by atoms with van der Waals surface area (Å²) in [5.41, 5.74) is -0.0149. The minimum Gasteiger partial charge on any atom is -0.317 e. The summed E-state index contributed by atoms with van der Waals surface area (Å²) in [6, 6.07) is 1.73. The van der Waals surface area contributed by atoms with Crippen molar-refractivity contribution < 1.29 is 4.79 Å². The van der Waals surface area contributed by atoms with Crippen LogP contribution in [0.2, 0.25) is 9.36 Å². The number of hydrogen-bond donors (Lipinski definition) is 1. The largest absolute Gasteiger partial charge is 0.317 e. The van der Waals surface area contributed by atoms with Crippen LogP contribution in [-0.2, 0) is 0 Å². The lowest BCUT2D eigenvalue weighted by atomic mass is 9.69. The highest BCUT2D eigenvalue weighted by atomic mass is 35.5. The third kappa shape index (κ3) is 4.22. The van der Waals surface area contributed by atoms with Gasteiger partial charge < -0.3 is 5.32 Å². The molecule has 0 spiro atoms. The van der Waals surface area contributed by atoms with Crippen LogP contribution in [0.4, 0.5) is 0 Å². The van der Waals surface area contributed by atoms with Crippen molar-refractivity contribution in [2.75, 3.05) is 13.1 Å². The average Bonchev–Trinajstić information content (AvgIpc) is 2.76. The second-order valence-corrected chi connectivity index (χ2v) is 9.21. The Labute approximate surface area is 141 Å². The van der Waals surface area contributed by atoms with Crippen LogP contribution in [0, 0.1) is 10.8 Å². The molecule has 0 amide bonds. The fraction of sp³-hybridized carbons (Fsp3) is 0.688. The molecule has 1 aromatic heterocycles. The van der Waals surface area contributed by atoms with Gasteiger partial charge in [-0.1, -0.05) is 44.0 Å². The van der Waals surface area contributed by atoms with E-state index in [1.165, 1.54) is 11.3 Å². The Hall–Kier alpha value is -0.0900. The van der Waals surface area contributed by atoms with Gasteiger partial charge in [0.05, 0.1) is 9.90 Å². The summed E-state index contributed by atoms with van der Waals surface area (Å²) in [4.78, 5) is 13.8. The maximum atomic E-state index is 13.1. The van der Waals surface area contributed by atoms with Gasteiger partial charge in [0, 0.05) is 5.41 Å². The first-order valence-corrected chi connectivity index (χ1v) is 9.01. The summed E-state index contributed by atoms with van der Waals surface area (Å²) in [5, 5.41) is 3.85. The molecule has 21 heavy (non-hydrogen) atoms. The number of carbonyl (C=O) groups is 1. The monoisotopic (exact) mass is 347 g/mol. The molecule has 2 rings (SSSR count). The Bertz CT molecular complexity index is 493. The SMILES string of the molecule is CC(C)(C)CCC1(C(=O)c2cc(Cl)c(Cl)s2)CCNCC1. The molecule has 0 radical (unpaired) electrons. The van der Waals surface area contributed by atoms with Crippen LogP contribution in [0.5, 0.6) is 0 Å². The minimum absolute atomic E-state index is 0.229. The lowest BCUT2D eigenvalue weighted by molar-refractivity contribution is 0.0681. The molecule has 1 N–H and O–H groups in total. The number of nitrogens with one attached hydrogen (secondary N) is 1. The lowest BCUT2D eigenvalue weighted by Crippen LogP contribution is -2.42. The van der Waals surface area contributed by atoms with Crippen molar-refractivity contribution in [3.63, 3.8) is 0 Å². The van der Waals surface area contributed by atoms with Crippen molar-refractivity contribution in [3.05, 3.63) is 20.3 Å². The first-order chi connectivity index (χ1) is 9.73. The van der Waals surface area contributed by atoms with Crippen molar-refractivity contribution in [2.24, 2.45) is 10.8 Å². The molecule has 0 aromatic carbocycles. The van der Waals surface area contributed by atoms with Crippen LogP contribution in [-0.4, -0.2) is 18.9 Å². The summed E-state index contributed by atoms with van der Waals surface area (Å²) >= 11 is 13.4. The summed E-state index contributed by atoms with van der Waals surface area (Å²) in [5.74, 6) is 0.229. The molecular weight excluding hydrogens is 325 g/mol. The molecule has 1 aliphatic rings. The number of carbonyl (C=O) groups excluding carboxylic acids is 1. The zero-order valence-electron chi connectivity index (χ0n) is 12.9. The van der Waals surface area contributed by atoms with Crippen LogP contribution in [0.1, 0.15) is 56.1 Å². The van der Waals surface area contributed by atoms with E-state index in [0.717, 1.165) is 38.8 Å². The van der Waals surface area contributed by atoms with E-state index in [1.54, 1.807) is 6.07 Å². The van der Waals surface area contributed by atoms with Crippen LogP contribution in [0.15, 0.2) is 6.07 Å². The van der Waals surface area contributed by atoms with Gasteiger partial charge in [0.25, 0.3) is 0 Å². The fourth-order valence-electron chi connectivity index (χ4n) is 2.83. The highest BCUT2D eigenvalue weighted by molar-refractivity contribution is 7.18. The summed E-state index contributed by atoms with van der Waals surface area (Å²) < 4.78 is 0.514. The number of halogens is 2. The molecule has 1 aromatic rings. The first-order valence-electron chi connectivity index (χ1n) is 7.44. The summed E-state index contributed by atoms with van der Waals surface area (Å²) in [6.07, 6.45) is 3.78. The maximum Gasteiger partial charge on any atom is 0.179 e. The van der Waals surface area contributed by atoms with Crippen molar-refractivity contribution in [3.8, 4) is 0 Å². The van der Waals surface area contributed by atoms with Gasteiger partial charge in [0.1, 0.15) is 4.34 Å². The summed E-state index contributed by atoms with van der Waals surface area (Å²) in [7, 11) is 0. The van der Waals surface area contributed by atoms with Crippen molar-refractivity contribution in [2.45, 2.75) is 46.5 Å². The highest BCUT2D eigenvalue weighted by Gasteiger charge is 2.41. The smallest absolute Gasteiger partial charge is 0.179 e. The number of rotatable bonds is 4. The maximum absolute atomic E-state index is 13.1. The van der Waals surface area contributed by atoms with E-state index in [1.807, 2.05) is 0 Å². The molecular formula is C16H23Cl2NOS. The molecule has 0 unspecified atom stereocenters. The predicted molar refractivity (Wildman–Crippen MR) is 91.9 cm³/mol. The molecule has 118 valence electrons. The molecule has 0 bridgehead atoms. The number of ketones is 1. The number of Topliss-reactive ketones (excluding diaryl/α,β-unsaturated/α-hetero) is 1. The highest BCUT2D eigenvalue weighted by Crippen LogP contribution is 2.43. The Morgan fingerprint density at radius 3 is 2.43 bits per heavy atom. The molecule has 2 nitrogen and oxygen atoms in total. The molecule has 5 heteroatoms. The molecule has 2 heterocycles. The van der Waals surface area contributed by atoms with Gasteiger partial charge >= 0.3 is 0 Å². The van der Waals surface area contributed by atoms with Gasteiger partial charge in [-0.3, -0.25) is 4.79 Å². The van der Waals surface area contributed by atoms with Gasteiger partial charge in [-0.15, -0.1) is 11.3 Å². The van der Waals surface area contributed by atoms with Gasteiger partial charge in [-0.05, 0) is 50.3 Å². The Morgan fingerprint density at radius 2 is 1.95 bits per heavy atom. The third-order valence-corrected chi connectivity index (χ3v) is 6.13. The van der Waals surface area contributed by atoms with Crippen LogP contribution in [0.25, 0.3) is 0 Å². The van der Waals surface area contributed by atoms with Crippen LogP contribution < -0.4 is 5.32 Å². The second kappa shape index (κ2) is 6.57. The Balaban J connectivity index is 2.24. The normalized spacial score (nSPS) is 18.7. The zero-order chi connectivity index (χ0) is 15.7. The van der Waals surface area contributed by atoms with E-state index >= 15 is 0 Å². The number of hydrogen-bond acceptors (Lipinski definition) is 3. The summed E-state index contributed by atoms with van der Waals surface area (Å²) in [6.45, 7) is 8.49. The molecule has 1 fully saturated rings. The van der Waals surface area contributed by atoms with E-state index in [4.69, 9.17) is 23.2 Å². The molecule has 0 saturated carbocycles. The first kappa shape index (κ1) is 17.3. The molecule has 0 atom stereocenters. The average molecular weight is 348 g/mol. The van der Waals surface area contributed by atoms with E-state index in [2.05, 4.69) is 26.1 Å². The number of piperidine rings is 1. The van der Waals surface area contributed by atoms with E-state index in [0.29, 0.717) is 14.2 Å². The van der Waals surface area contributed by atoms with Gasteiger partial charge in [0.2, 0.25) is 0 Å². The lowest BCUT2D eigenvalue weighted by Gasteiger charge is -2.37. The van der Waals surface area contributed by atoms with Crippen LogP contribution in [0.3, 0.4) is 0 Å². The van der Waals surface area contributed by atoms with Crippen molar-refractivity contribution in [1.29, 1.82) is 0 Å². The second-order valence-electron chi connectivity index (χ2n) is 7.15. The van der Waals surface area contributed by atoms with Gasteiger partial charge in [0.15, 0.2) is 5.78 Å². The third-order valence-electron chi connectivity index (χ3n) is 4.26. The Kier molecular flexibility index (Phi) is 5.40. The molecule has 0 aliphatic carbocycles. The topological polar surface area (TPSA) is 29.1 Å². The van der Waals surface area contributed by atoms with Crippen molar-refractivity contribution in [1.82, 2.24) is 5.32 Å². The van der Waals surface area contributed by atoms with Crippen molar-refractivity contribution >= 4 is 40.3 Å². The van der Waals surface area contributed by atoms with E-state index in [9.17, 15) is 4.79 Å². The number of thiophene rings is 1. The van der Waals surface area contributed by atoms with E-state index < -0.39 is 0 Å². The standard InChI is InChI=1S/C16H23Cl2NOS/c1-15(2,3)4-5-16(6-8-19-9-7-16)13(20)12-10-11(17)14(18)21-12/h10,19H,4-9H2,1-3H3. The van der Waals surface area contributed by atoms with Gasteiger partial charge in [-0.25, -0.2) is 0 Å². The van der Waals surface area contributed by atoms with Crippen LogP contribution >= 0.6 is 34.5 Å². The predicted octanol–water partition coefficient (Wildman–Crippen LogP) is 5.43. The minimum atomic E-state index is -0.254.